The molecule has 4 heterocycles. The smallest absolute Gasteiger partial charge is 0.326 e. The van der Waals surface area contributed by atoms with Crippen molar-refractivity contribution >= 4 is 35.1 Å². The number of carbonyl (C=O) groups is 2. The van der Waals surface area contributed by atoms with Crippen molar-refractivity contribution in [3.05, 3.63) is 170 Å². The molecule has 4 aromatic carbocycles. The fourth-order valence-electron chi connectivity index (χ4n) is 7.57. The molecule has 1 amide bonds. The van der Waals surface area contributed by atoms with Crippen molar-refractivity contribution in [3.63, 3.8) is 0 Å². The molecule has 0 saturated heterocycles. The average Bonchev–Trinajstić information content (AvgIpc) is 3.24. The van der Waals surface area contributed by atoms with Crippen LogP contribution in [0.15, 0.2) is 116 Å². The van der Waals surface area contributed by atoms with Crippen molar-refractivity contribution in [2.45, 2.75) is 64.6 Å². The number of benzene rings is 4. The van der Waals surface area contributed by atoms with Gasteiger partial charge < -0.3 is 24.6 Å². The maximum absolute atomic E-state index is 14.2. The number of hydrogen-bond acceptors (Lipinski definition) is 8. The Kier molecular flexibility index (Phi) is 11.8. The van der Waals surface area contributed by atoms with E-state index in [0.29, 0.717) is 60.0 Å². The van der Waals surface area contributed by atoms with Gasteiger partial charge in [0, 0.05) is 43.8 Å². The van der Waals surface area contributed by atoms with Crippen molar-refractivity contribution in [3.8, 4) is 28.4 Å². The van der Waals surface area contributed by atoms with E-state index in [2.05, 4.69) is 20.2 Å². The Morgan fingerprint density at radius 1 is 0.898 bits per heavy atom. The summed E-state index contributed by atoms with van der Waals surface area (Å²) in [6.07, 6.45) is 5.43. The number of ether oxygens (including phenoxy) is 3. The third kappa shape index (κ3) is 9.20. The zero-order chi connectivity index (χ0) is 41.0. The van der Waals surface area contributed by atoms with Crippen molar-refractivity contribution in [2.24, 2.45) is 0 Å². The molecule has 0 fully saturated rings. The summed E-state index contributed by atoms with van der Waals surface area (Å²) in [4.78, 5) is 37.5. The van der Waals surface area contributed by atoms with E-state index in [4.69, 9.17) is 37.4 Å². The van der Waals surface area contributed by atoms with Gasteiger partial charge in [0.2, 0.25) is 5.91 Å². The molecular weight excluding hydrogens is 787 g/mol. The van der Waals surface area contributed by atoms with Gasteiger partial charge in [-0.15, -0.1) is 0 Å². The molecule has 0 spiro atoms. The number of nitrogens with one attached hydrogen (secondary N) is 1. The number of rotatable bonds is 12. The van der Waals surface area contributed by atoms with Gasteiger partial charge in [-0.05, 0) is 119 Å². The highest BCUT2D eigenvalue weighted by Gasteiger charge is 2.36. The summed E-state index contributed by atoms with van der Waals surface area (Å²) < 4.78 is 18.7. The molecule has 2 aliphatic rings. The van der Waals surface area contributed by atoms with Crippen LogP contribution in [0.25, 0.3) is 11.1 Å². The lowest BCUT2D eigenvalue weighted by atomic mass is 9.91. The Morgan fingerprint density at radius 3 is 2.42 bits per heavy atom. The molecule has 59 heavy (non-hydrogen) atoms. The minimum absolute atomic E-state index is 0.135. The number of carboxylic acid groups (broad SMARTS) is 1. The molecule has 10 nitrogen and oxygen atoms in total. The van der Waals surface area contributed by atoms with Gasteiger partial charge in [-0.3, -0.25) is 19.7 Å². The predicted octanol–water partition coefficient (Wildman–Crippen LogP) is 8.90. The summed E-state index contributed by atoms with van der Waals surface area (Å²) in [6.45, 7) is 5.53. The van der Waals surface area contributed by atoms with Gasteiger partial charge in [0.15, 0.2) is 17.6 Å². The summed E-state index contributed by atoms with van der Waals surface area (Å²) in [5.74, 6) is 0.470. The van der Waals surface area contributed by atoms with Crippen LogP contribution in [0, 0.1) is 13.8 Å². The standard InChI is InChI=1S/C47H42Cl2N4O6/c1-28-29(2)51-17-15-38(28)33-8-5-30(6-9-33)19-41(47(55)56)52-46(54)42-20-35-21-43-44(22-36(35)25-53(42)24-32-4-3-16-50-23-32)59-45(27-58-43)34-10-12-37(13-11-34)57-26-31-7-14-39(48)40(49)18-31/h3-18,21-23,41-42,45H,19-20,24-27H2,1-2H3,(H,52,54)(H,55,56)/t41?,42-,45+/m0/s1. The first kappa shape index (κ1) is 39.9. The molecular formula is C47H42Cl2N4O6. The van der Waals surface area contributed by atoms with Crippen LogP contribution in [0.4, 0.5) is 0 Å². The molecule has 6 aromatic rings. The van der Waals surface area contributed by atoms with Crippen LogP contribution in [0.2, 0.25) is 10.0 Å². The topological polar surface area (TPSA) is 123 Å². The molecule has 8 rings (SSSR count). The minimum atomic E-state index is -1.12. The van der Waals surface area contributed by atoms with Crippen LogP contribution in [-0.2, 0) is 42.1 Å². The predicted molar refractivity (Wildman–Crippen MR) is 226 cm³/mol. The molecule has 0 saturated carbocycles. The van der Waals surface area contributed by atoms with Crippen molar-refractivity contribution < 1.29 is 28.9 Å². The first-order valence-electron chi connectivity index (χ1n) is 19.4. The Bertz CT molecular complexity index is 2480. The first-order valence-corrected chi connectivity index (χ1v) is 20.1. The highest BCUT2D eigenvalue weighted by molar-refractivity contribution is 6.42. The van der Waals surface area contributed by atoms with Crippen LogP contribution in [-0.4, -0.2) is 50.5 Å². The lowest BCUT2D eigenvalue weighted by Gasteiger charge is -2.37. The Balaban J connectivity index is 0.962. The average molecular weight is 830 g/mol. The second-order valence-corrected chi connectivity index (χ2v) is 15.8. The normalized spacial score (nSPS) is 16.5. The van der Waals surface area contributed by atoms with Crippen LogP contribution in [0.5, 0.6) is 17.2 Å². The van der Waals surface area contributed by atoms with E-state index in [1.165, 1.54) is 0 Å². The third-order valence-electron chi connectivity index (χ3n) is 11.0. The number of fused-ring (bicyclic) bond motifs is 2. The van der Waals surface area contributed by atoms with Crippen molar-refractivity contribution in [1.29, 1.82) is 0 Å². The van der Waals surface area contributed by atoms with E-state index >= 15 is 0 Å². The number of pyridine rings is 2. The summed E-state index contributed by atoms with van der Waals surface area (Å²) in [5, 5.41) is 14.1. The van der Waals surface area contributed by atoms with Crippen molar-refractivity contribution in [1.82, 2.24) is 20.2 Å². The number of carboxylic acids is 1. The van der Waals surface area contributed by atoms with Gasteiger partial charge in [-0.1, -0.05) is 71.7 Å². The fourth-order valence-corrected chi connectivity index (χ4v) is 7.89. The van der Waals surface area contributed by atoms with Gasteiger partial charge in [0.1, 0.15) is 25.0 Å². The van der Waals surface area contributed by atoms with Gasteiger partial charge in [0.05, 0.1) is 16.1 Å². The third-order valence-corrected chi connectivity index (χ3v) is 11.7. The number of nitrogens with zero attached hydrogens (tertiary/aromatic N) is 3. The van der Waals surface area contributed by atoms with Crippen molar-refractivity contribution in [2.75, 3.05) is 6.61 Å². The highest BCUT2D eigenvalue weighted by Crippen LogP contribution is 2.41. The Morgan fingerprint density at radius 2 is 1.68 bits per heavy atom. The fraction of sp³-hybridized carbons (Fsp3) is 0.234. The number of halogens is 2. The molecule has 1 unspecified atom stereocenters. The second-order valence-electron chi connectivity index (χ2n) is 14.9. The molecule has 0 aliphatic carbocycles. The van der Waals surface area contributed by atoms with Gasteiger partial charge in [-0.2, -0.15) is 0 Å². The first-order chi connectivity index (χ1) is 28.6. The molecule has 2 N–H and O–H groups in total. The number of hydrogen-bond donors (Lipinski definition) is 2. The molecule has 0 bridgehead atoms. The molecule has 300 valence electrons. The van der Waals surface area contributed by atoms with E-state index in [-0.39, 0.29) is 18.4 Å². The van der Waals surface area contributed by atoms with Crippen LogP contribution in [0.3, 0.4) is 0 Å². The monoisotopic (exact) mass is 828 g/mol. The van der Waals surface area contributed by atoms with E-state index in [9.17, 15) is 14.7 Å². The minimum Gasteiger partial charge on any atom is -0.489 e. The highest BCUT2D eigenvalue weighted by atomic mass is 35.5. The molecule has 12 heteroatoms. The summed E-state index contributed by atoms with van der Waals surface area (Å²) in [7, 11) is 0. The van der Waals surface area contributed by atoms with Crippen LogP contribution < -0.4 is 19.5 Å². The summed E-state index contributed by atoms with van der Waals surface area (Å²) in [6, 6.07) is 28.9. The van der Waals surface area contributed by atoms with Crippen LogP contribution in [0.1, 0.15) is 50.7 Å². The Labute approximate surface area is 352 Å². The maximum Gasteiger partial charge on any atom is 0.326 e. The largest absolute Gasteiger partial charge is 0.489 e. The number of aryl methyl sites for hydroxylation is 1. The number of carbonyl (C=O) groups excluding carboxylic acids is 1. The van der Waals surface area contributed by atoms with E-state index in [0.717, 1.165) is 55.8 Å². The number of amides is 1. The molecule has 3 atom stereocenters. The lowest BCUT2D eigenvalue weighted by molar-refractivity contribution is -0.142. The van der Waals surface area contributed by atoms with Gasteiger partial charge in [-0.25, -0.2) is 4.79 Å². The molecule has 0 radical (unpaired) electrons. The Hall–Kier alpha value is -5.94. The van der Waals surface area contributed by atoms with Crippen LogP contribution >= 0.6 is 23.2 Å². The summed E-state index contributed by atoms with van der Waals surface area (Å²) >= 11 is 12.2. The lowest BCUT2D eigenvalue weighted by Crippen LogP contribution is -2.54. The van der Waals surface area contributed by atoms with E-state index < -0.39 is 18.1 Å². The van der Waals surface area contributed by atoms with E-state index in [1.807, 2.05) is 98.8 Å². The molecule has 2 aliphatic heterocycles. The zero-order valence-corrected chi connectivity index (χ0v) is 34.0. The second kappa shape index (κ2) is 17.5. The number of aromatic nitrogens is 2. The quantitative estimate of drug-likeness (QED) is 0.125. The SMILES string of the molecule is Cc1nccc(-c2ccc(CC(NC(=O)[C@@H]3Cc4cc5c(cc4CN3Cc3cccnc3)O[C@@H](c3ccc(OCc4ccc(Cl)c(Cl)c4)cc3)CO5)C(=O)O)cc2)c1C. The maximum atomic E-state index is 14.2. The zero-order valence-electron chi connectivity index (χ0n) is 32.5. The summed E-state index contributed by atoms with van der Waals surface area (Å²) in [5.41, 5.74) is 9.68. The molecule has 2 aromatic heterocycles. The van der Waals surface area contributed by atoms with Gasteiger partial charge in [0.25, 0.3) is 0 Å². The van der Waals surface area contributed by atoms with E-state index in [1.54, 1.807) is 30.7 Å². The van der Waals surface area contributed by atoms with Gasteiger partial charge >= 0.3 is 5.97 Å². The number of aliphatic carboxylic acids is 1.